The maximum atomic E-state index is 8.54. The summed E-state index contributed by atoms with van der Waals surface area (Å²) in [5.74, 6) is 0. The number of nitrogens with zero attached hydrogens (tertiary/aromatic N) is 1. The van der Waals surface area contributed by atoms with E-state index >= 15 is 0 Å². The molecule has 0 radical (unpaired) electrons. The van der Waals surface area contributed by atoms with Crippen molar-refractivity contribution in [1.29, 1.82) is 5.26 Å². The number of nitriles is 1. The molecule has 1 rings (SSSR count). The fourth-order valence-electron chi connectivity index (χ4n) is 1.05. The van der Waals surface area contributed by atoms with Crippen LogP contribution in [0.5, 0.6) is 0 Å². The molecule has 0 heterocycles. The molecular formula is C9H17N. The van der Waals surface area contributed by atoms with E-state index in [1.54, 1.807) is 0 Å². The van der Waals surface area contributed by atoms with E-state index in [0.29, 0.717) is 0 Å². The fraction of sp³-hybridized carbons (Fsp3) is 0.889. The van der Waals surface area contributed by atoms with E-state index in [2.05, 4.69) is 13.0 Å². The second kappa shape index (κ2) is 4.33. The summed E-state index contributed by atoms with van der Waals surface area (Å²) in [7, 11) is 0. The van der Waals surface area contributed by atoms with Crippen LogP contribution in [0.1, 0.15) is 46.5 Å². The molecule has 0 aromatic heterocycles. The third-order valence-electron chi connectivity index (χ3n) is 1.82. The first kappa shape index (κ1) is 9.49. The second-order valence-corrected chi connectivity index (χ2v) is 2.64. The predicted octanol–water partition coefficient (Wildman–Crippen LogP) is 3.12. The molecule has 1 aliphatic rings. The van der Waals surface area contributed by atoms with Crippen molar-refractivity contribution >= 4 is 0 Å². The summed E-state index contributed by atoms with van der Waals surface area (Å²) < 4.78 is 0. The lowest BCUT2D eigenvalue weighted by molar-refractivity contribution is 0.585. The second-order valence-electron chi connectivity index (χ2n) is 2.64. The lowest BCUT2D eigenvalue weighted by atomic mass is 10.0. The lowest BCUT2D eigenvalue weighted by Gasteiger charge is -1.97. The van der Waals surface area contributed by atoms with Crippen LogP contribution < -0.4 is 0 Å². The summed E-state index contributed by atoms with van der Waals surface area (Å²) in [6.07, 6.45) is 4.58. The van der Waals surface area contributed by atoms with Crippen LogP contribution in [-0.4, -0.2) is 0 Å². The molecule has 0 saturated heterocycles. The van der Waals surface area contributed by atoms with E-state index in [-0.39, 0.29) is 5.41 Å². The van der Waals surface area contributed by atoms with Crippen molar-refractivity contribution in [3.05, 3.63) is 0 Å². The first-order valence-corrected chi connectivity index (χ1v) is 4.24. The quantitative estimate of drug-likeness (QED) is 0.576. The minimum absolute atomic E-state index is 0.148. The van der Waals surface area contributed by atoms with Gasteiger partial charge in [0.05, 0.1) is 11.5 Å². The normalized spacial score (nSPS) is 18.2. The van der Waals surface area contributed by atoms with E-state index in [0.717, 1.165) is 25.7 Å². The zero-order chi connectivity index (χ0) is 8.04. The van der Waals surface area contributed by atoms with Crippen molar-refractivity contribution in [1.82, 2.24) is 0 Å². The Morgan fingerprint density at radius 1 is 1.40 bits per heavy atom. The highest BCUT2D eigenvalue weighted by atomic mass is 14.5. The minimum Gasteiger partial charge on any atom is -0.198 e. The summed E-state index contributed by atoms with van der Waals surface area (Å²) in [4.78, 5) is 0. The molecule has 0 aromatic rings. The molecule has 1 heteroatoms. The Labute approximate surface area is 64.1 Å². The van der Waals surface area contributed by atoms with Crippen molar-refractivity contribution in [2.24, 2.45) is 5.41 Å². The van der Waals surface area contributed by atoms with Gasteiger partial charge in [0, 0.05) is 0 Å². The van der Waals surface area contributed by atoms with Gasteiger partial charge in [0.25, 0.3) is 0 Å². The average Bonchev–Trinajstić information content (AvgIpc) is 2.75. The van der Waals surface area contributed by atoms with Crippen molar-refractivity contribution in [2.45, 2.75) is 46.5 Å². The van der Waals surface area contributed by atoms with E-state index in [1.165, 1.54) is 0 Å². The highest BCUT2D eigenvalue weighted by Gasteiger charge is 2.41. The molecule has 0 spiro atoms. The van der Waals surface area contributed by atoms with Gasteiger partial charge < -0.3 is 0 Å². The summed E-state index contributed by atoms with van der Waals surface area (Å²) in [6, 6.07) is 2.35. The zero-order valence-corrected chi connectivity index (χ0v) is 7.28. The Balaban J connectivity index is 0.000000371. The standard InChI is InChI=1S/C7H11N.C2H6/c1-2-3-7(6-8)4-5-7;1-2/h2-5H2,1H3;1-2H3. The van der Waals surface area contributed by atoms with Crippen LogP contribution in [-0.2, 0) is 0 Å². The Morgan fingerprint density at radius 3 is 2.00 bits per heavy atom. The Bertz CT molecular complexity index is 117. The van der Waals surface area contributed by atoms with Gasteiger partial charge in [-0.05, 0) is 19.3 Å². The third-order valence-corrected chi connectivity index (χ3v) is 1.82. The summed E-state index contributed by atoms with van der Waals surface area (Å²) >= 11 is 0. The van der Waals surface area contributed by atoms with Gasteiger partial charge in [-0.3, -0.25) is 0 Å². The predicted molar refractivity (Wildman–Crippen MR) is 43.5 cm³/mol. The highest BCUT2D eigenvalue weighted by Crippen LogP contribution is 2.48. The summed E-state index contributed by atoms with van der Waals surface area (Å²) in [5, 5.41) is 8.54. The molecule has 1 nitrogen and oxygen atoms in total. The van der Waals surface area contributed by atoms with Crippen LogP contribution in [0.3, 0.4) is 0 Å². The zero-order valence-electron chi connectivity index (χ0n) is 7.28. The molecule has 0 N–H and O–H groups in total. The number of hydrogen-bond acceptors (Lipinski definition) is 1. The molecule has 0 amide bonds. The Kier molecular flexibility index (Phi) is 4.11. The van der Waals surface area contributed by atoms with E-state index < -0.39 is 0 Å². The van der Waals surface area contributed by atoms with Gasteiger partial charge in [0.2, 0.25) is 0 Å². The number of rotatable bonds is 2. The molecule has 58 valence electrons. The average molecular weight is 139 g/mol. The lowest BCUT2D eigenvalue weighted by Crippen LogP contribution is -1.92. The number of hydrogen-bond donors (Lipinski definition) is 0. The van der Waals surface area contributed by atoms with Crippen LogP contribution in [0.15, 0.2) is 0 Å². The molecule has 1 saturated carbocycles. The van der Waals surface area contributed by atoms with Crippen LogP contribution in [0.4, 0.5) is 0 Å². The first-order chi connectivity index (χ1) is 4.83. The molecule has 1 aliphatic carbocycles. The maximum absolute atomic E-state index is 8.54. The molecule has 0 aromatic carbocycles. The largest absolute Gasteiger partial charge is 0.198 e. The minimum atomic E-state index is 0.148. The summed E-state index contributed by atoms with van der Waals surface area (Å²) in [5.41, 5.74) is 0.148. The molecule has 0 aliphatic heterocycles. The molecule has 0 bridgehead atoms. The fourth-order valence-corrected chi connectivity index (χ4v) is 1.05. The van der Waals surface area contributed by atoms with Crippen LogP contribution >= 0.6 is 0 Å². The molecule has 0 atom stereocenters. The molecule has 1 fully saturated rings. The van der Waals surface area contributed by atoms with E-state index in [4.69, 9.17) is 5.26 Å². The highest BCUT2D eigenvalue weighted by molar-refractivity contribution is 5.09. The molecule has 0 unspecified atom stereocenters. The summed E-state index contributed by atoms with van der Waals surface area (Å²) in [6.45, 7) is 6.14. The Hall–Kier alpha value is -0.510. The SMILES string of the molecule is CC.CCCC1(C#N)CC1. The van der Waals surface area contributed by atoms with Crippen molar-refractivity contribution < 1.29 is 0 Å². The van der Waals surface area contributed by atoms with E-state index in [9.17, 15) is 0 Å². The van der Waals surface area contributed by atoms with E-state index in [1.807, 2.05) is 13.8 Å². The van der Waals surface area contributed by atoms with Crippen LogP contribution in [0, 0.1) is 16.7 Å². The van der Waals surface area contributed by atoms with Gasteiger partial charge in [-0.2, -0.15) is 5.26 Å². The van der Waals surface area contributed by atoms with Crippen LogP contribution in [0.25, 0.3) is 0 Å². The first-order valence-electron chi connectivity index (χ1n) is 4.24. The third kappa shape index (κ3) is 2.39. The van der Waals surface area contributed by atoms with Crippen molar-refractivity contribution in [3.8, 4) is 6.07 Å². The maximum Gasteiger partial charge on any atom is 0.0689 e. The topological polar surface area (TPSA) is 23.8 Å². The van der Waals surface area contributed by atoms with Crippen LogP contribution in [0.2, 0.25) is 0 Å². The molecule has 10 heavy (non-hydrogen) atoms. The van der Waals surface area contributed by atoms with Gasteiger partial charge in [0.15, 0.2) is 0 Å². The smallest absolute Gasteiger partial charge is 0.0689 e. The van der Waals surface area contributed by atoms with Gasteiger partial charge in [0.1, 0.15) is 0 Å². The van der Waals surface area contributed by atoms with Gasteiger partial charge in [-0.15, -0.1) is 0 Å². The monoisotopic (exact) mass is 139 g/mol. The van der Waals surface area contributed by atoms with Crippen molar-refractivity contribution in [3.63, 3.8) is 0 Å². The molecular weight excluding hydrogens is 122 g/mol. The Morgan fingerprint density at radius 2 is 1.90 bits per heavy atom. The van der Waals surface area contributed by atoms with Gasteiger partial charge in [-0.25, -0.2) is 0 Å². The van der Waals surface area contributed by atoms with Gasteiger partial charge >= 0.3 is 0 Å². The van der Waals surface area contributed by atoms with Crippen molar-refractivity contribution in [2.75, 3.05) is 0 Å². The van der Waals surface area contributed by atoms with Gasteiger partial charge in [-0.1, -0.05) is 27.2 Å².